The number of sulfonamides is 1. The van der Waals surface area contributed by atoms with Gasteiger partial charge in [0.05, 0.1) is 9.77 Å². The summed E-state index contributed by atoms with van der Waals surface area (Å²) in [5.41, 5.74) is -0.168. The van der Waals surface area contributed by atoms with Gasteiger partial charge in [-0.15, -0.1) is 11.3 Å². The first-order valence-electron chi connectivity index (χ1n) is 9.64. The quantitative estimate of drug-likeness (QED) is 0.574. The van der Waals surface area contributed by atoms with E-state index in [-0.39, 0.29) is 29.2 Å². The van der Waals surface area contributed by atoms with Crippen molar-refractivity contribution in [3.8, 4) is 0 Å². The van der Waals surface area contributed by atoms with Crippen LogP contribution in [0.1, 0.15) is 49.9 Å². The number of hydrogen-bond acceptors (Lipinski definition) is 5. The molecule has 1 unspecified atom stereocenters. The summed E-state index contributed by atoms with van der Waals surface area (Å²) in [4.78, 5) is 25.8. The summed E-state index contributed by atoms with van der Waals surface area (Å²) < 4.78 is 28.1. The highest BCUT2D eigenvalue weighted by atomic mass is 32.2. The minimum Gasteiger partial charge on any atom is -0.350 e. The van der Waals surface area contributed by atoms with Gasteiger partial charge >= 0.3 is 0 Å². The average molecular weight is 452 g/mol. The SMILES string of the molecule is CC(C)C(NC(=O)c1cccs1)C(=O)NCc1ccccc1S(=O)(=O)NC(C)(C)C. The van der Waals surface area contributed by atoms with Crippen molar-refractivity contribution < 1.29 is 18.0 Å². The van der Waals surface area contributed by atoms with Crippen LogP contribution in [-0.4, -0.2) is 31.8 Å². The van der Waals surface area contributed by atoms with E-state index in [2.05, 4.69) is 15.4 Å². The van der Waals surface area contributed by atoms with Gasteiger partial charge < -0.3 is 10.6 Å². The fourth-order valence-corrected chi connectivity index (χ4v) is 5.10. The molecule has 0 spiro atoms. The van der Waals surface area contributed by atoms with E-state index in [0.717, 1.165) is 0 Å². The molecule has 7 nitrogen and oxygen atoms in total. The molecule has 1 atom stereocenters. The van der Waals surface area contributed by atoms with Crippen molar-refractivity contribution in [2.45, 2.75) is 57.6 Å². The Morgan fingerprint density at radius 1 is 1.07 bits per heavy atom. The maximum absolute atomic E-state index is 12.8. The highest BCUT2D eigenvalue weighted by Gasteiger charge is 2.27. The zero-order valence-electron chi connectivity index (χ0n) is 17.9. The lowest BCUT2D eigenvalue weighted by Gasteiger charge is -2.23. The van der Waals surface area contributed by atoms with Gasteiger partial charge in [0.2, 0.25) is 15.9 Å². The number of hydrogen-bond donors (Lipinski definition) is 3. The Kier molecular flexibility index (Phi) is 7.79. The minimum atomic E-state index is -3.75. The molecule has 0 fully saturated rings. The van der Waals surface area contributed by atoms with Crippen molar-refractivity contribution >= 4 is 33.2 Å². The van der Waals surface area contributed by atoms with Crippen molar-refractivity contribution in [2.24, 2.45) is 5.92 Å². The van der Waals surface area contributed by atoms with Gasteiger partial charge in [-0.25, -0.2) is 13.1 Å². The van der Waals surface area contributed by atoms with Crippen LogP contribution in [0.25, 0.3) is 0 Å². The van der Waals surface area contributed by atoms with Crippen LogP contribution in [0.2, 0.25) is 0 Å². The molecule has 2 amide bonds. The Hall–Kier alpha value is -2.23. The highest BCUT2D eigenvalue weighted by Crippen LogP contribution is 2.18. The van der Waals surface area contributed by atoms with E-state index in [4.69, 9.17) is 0 Å². The second-order valence-electron chi connectivity index (χ2n) is 8.35. The molecule has 0 aliphatic carbocycles. The number of nitrogens with one attached hydrogen (secondary N) is 3. The van der Waals surface area contributed by atoms with E-state index in [1.54, 1.807) is 56.5 Å². The molecule has 9 heteroatoms. The Labute approximate surface area is 182 Å². The van der Waals surface area contributed by atoms with Gasteiger partial charge in [0, 0.05) is 12.1 Å². The van der Waals surface area contributed by atoms with Crippen LogP contribution in [0, 0.1) is 5.92 Å². The molecular formula is C21H29N3O4S2. The van der Waals surface area contributed by atoms with E-state index in [0.29, 0.717) is 10.4 Å². The number of benzene rings is 1. The average Bonchev–Trinajstić information content (AvgIpc) is 3.17. The highest BCUT2D eigenvalue weighted by molar-refractivity contribution is 7.89. The maximum Gasteiger partial charge on any atom is 0.262 e. The Morgan fingerprint density at radius 2 is 1.73 bits per heavy atom. The number of thiophene rings is 1. The Morgan fingerprint density at radius 3 is 2.30 bits per heavy atom. The normalized spacial score (nSPS) is 13.1. The minimum absolute atomic E-state index is 0.0259. The van der Waals surface area contributed by atoms with E-state index < -0.39 is 21.6 Å². The monoisotopic (exact) mass is 451 g/mol. The van der Waals surface area contributed by atoms with Gasteiger partial charge in [0.25, 0.3) is 5.91 Å². The van der Waals surface area contributed by atoms with Crippen molar-refractivity contribution in [1.29, 1.82) is 0 Å². The van der Waals surface area contributed by atoms with Crippen LogP contribution in [0.4, 0.5) is 0 Å². The van der Waals surface area contributed by atoms with E-state index in [9.17, 15) is 18.0 Å². The third-order valence-electron chi connectivity index (χ3n) is 4.14. The van der Waals surface area contributed by atoms with Crippen molar-refractivity contribution in [1.82, 2.24) is 15.4 Å². The lowest BCUT2D eigenvalue weighted by atomic mass is 10.0. The lowest BCUT2D eigenvalue weighted by molar-refractivity contribution is -0.124. The smallest absolute Gasteiger partial charge is 0.262 e. The topological polar surface area (TPSA) is 104 Å². The zero-order chi connectivity index (χ0) is 22.5. The molecule has 0 bridgehead atoms. The molecule has 3 N–H and O–H groups in total. The molecule has 0 saturated heterocycles. The summed E-state index contributed by atoms with van der Waals surface area (Å²) in [7, 11) is -3.75. The maximum atomic E-state index is 12.8. The zero-order valence-corrected chi connectivity index (χ0v) is 19.5. The van der Waals surface area contributed by atoms with Gasteiger partial charge in [-0.3, -0.25) is 9.59 Å². The molecule has 0 aliphatic heterocycles. The first-order chi connectivity index (χ1) is 13.9. The first-order valence-corrected chi connectivity index (χ1v) is 12.0. The van der Waals surface area contributed by atoms with E-state index in [1.165, 1.54) is 17.4 Å². The largest absolute Gasteiger partial charge is 0.350 e. The fourth-order valence-electron chi connectivity index (χ4n) is 2.82. The van der Waals surface area contributed by atoms with Crippen LogP contribution >= 0.6 is 11.3 Å². The number of amides is 2. The molecule has 164 valence electrons. The summed E-state index contributed by atoms with van der Waals surface area (Å²) in [6.07, 6.45) is 0. The van der Waals surface area contributed by atoms with Gasteiger partial charge in [0.1, 0.15) is 6.04 Å². The first kappa shape index (κ1) is 24.0. The molecule has 30 heavy (non-hydrogen) atoms. The molecule has 0 saturated carbocycles. The Balaban J connectivity index is 2.14. The third kappa shape index (κ3) is 6.65. The van der Waals surface area contributed by atoms with Gasteiger partial charge in [0.15, 0.2) is 0 Å². The summed E-state index contributed by atoms with van der Waals surface area (Å²) in [5.74, 6) is -0.822. The molecule has 2 rings (SSSR count). The van der Waals surface area contributed by atoms with Crippen LogP contribution in [0.3, 0.4) is 0 Å². The summed E-state index contributed by atoms with van der Waals surface area (Å²) in [6.45, 7) is 8.99. The third-order valence-corrected chi connectivity index (χ3v) is 6.86. The Bertz CT molecular complexity index is 978. The van der Waals surface area contributed by atoms with Gasteiger partial charge in [-0.1, -0.05) is 38.1 Å². The summed E-state index contributed by atoms with van der Waals surface area (Å²) in [5, 5.41) is 7.32. The van der Waals surface area contributed by atoms with Crippen LogP contribution < -0.4 is 15.4 Å². The number of carbonyl (C=O) groups is 2. The summed E-state index contributed by atoms with van der Waals surface area (Å²) >= 11 is 1.30. The van der Waals surface area contributed by atoms with Crippen LogP contribution in [0.5, 0.6) is 0 Å². The predicted molar refractivity (Wildman–Crippen MR) is 119 cm³/mol. The van der Waals surface area contributed by atoms with Crippen molar-refractivity contribution in [3.05, 3.63) is 52.2 Å². The number of rotatable bonds is 8. The second-order valence-corrected chi connectivity index (χ2v) is 11.0. The molecular weight excluding hydrogens is 422 g/mol. The predicted octanol–water partition coefficient (Wildman–Crippen LogP) is 2.90. The fraction of sp³-hybridized carbons (Fsp3) is 0.429. The van der Waals surface area contributed by atoms with Crippen molar-refractivity contribution in [2.75, 3.05) is 0 Å². The van der Waals surface area contributed by atoms with E-state index >= 15 is 0 Å². The standard InChI is InChI=1S/C21H29N3O4S2/c1-14(2)18(23-19(25)16-10-8-12-29-16)20(26)22-13-15-9-6-7-11-17(15)30(27,28)24-21(3,4)5/h6-12,14,18,24H,13H2,1-5H3,(H,22,26)(H,23,25). The molecule has 1 aromatic carbocycles. The van der Waals surface area contributed by atoms with Crippen LogP contribution in [-0.2, 0) is 21.4 Å². The van der Waals surface area contributed by atoms with Crippen LogP contribution in [0.15, 0.2) is 46.7 Å². The molecule has 2 aromatic rings. The van der Waals surface area contributed by atoms with Gasteiger partial charge in [-0.05, 0) is 49.8 Å². The molecule has 0 aliphatic rings. The van der Waals surface area contributed by atoms with E-state index in [1.807, 2.05) is 13.8 Å². The molecule has 0 radical (unpaired) electrons. The second kappa shape index (κ2) is 9.72. The molecule has 1 aromatic heterocycles. The summed E-state index contributed by atoms with van der Waals surface area (Å²) in [6, 6.07) is 9.25. The van der Waals surface area contributed by atoms with Crippen molar-refractivity contribution in [3.63, 3.8) is 0 Å². The lowest BCUT2D eigenvalue weighted by Crippen LogP contribution is -2.49. The molecule has 1 heterocycles. The number of carbonyl (C=O) groups excluding carboxylic acids is 2. The van der Waals surface area contributed by atoms with Gasteiger partial charge in [-0.2, -0.15) is 0 Å².